The van der Waals surface area contributed by atoms with Gasteiger partial charge in [-0.15, -0.1) is 0 Å². The fourth-order valence-electron chi connectivity index (χ4n) is 1.40. The van der Waals surface area contributed by atoms with Gasteiger partial charge in [0.25, 0.3) is 5.91 Å². The number of rotatable bonds is 2. The number of aromatic nitrogens is 1. The number of hydrogen-bond acceptors (Lipinski definition) is 4. The van der Waals surface area contributed by atoms with Crippen LogP contribution in [-0.2, 0) is 0 Å². The number of hydrogen-bond donors (Lipinski definition) is 2. The van der Waals surface area contributed by atoms with E-state index in [1.165, 1.54) is 6.26 Å². The van der Waals surface area contributed by atoms with Gasteiger partial charge in [0.1, 0.15) is 6.26 Å². The lowest BCUT2D eigenvalue weighted by Gasteiger charge is -2.04. The van der Waals surface area contributed by atoms with Crippen LogP contribution in [0.1, 0.15) is 21.6 Å². The van der Waals surface area contributed by atoms with Crippen molar-refractivity contribution in [2.75, 3.05) is 11.1 Å². The first-order valence-electron chi connectivity index (χ1n) is 5.16. The molecule has 1 heterocycles. The third-order valence-corrected chi connectivity index (χ3v) is 2.37. The highest BCUT2D eigenvalue weighted by Gasteiger charge is 2.10. The van der Waals surface area contributed by atoms with Gasteiger partial charge in [0.2, 0.25) is 0 Å². The van der Waals surface area contributed by atoms with Crippen molar-refractivity contribution in [1.82, 2.24) is 4.98 Å². The van der Waals surface area contributed by atoms with Crippen LogP contribution < -0.4 is 11.1 Å². The normalized spacial score (nSPS) is 10.2. The van der Waals surface area contributed by atoms with Crippen LogP contribution in [0.15, 0.2) is 28.9 Å². The lowest BCUT2D eigenvalue weighted by molar-refractivity contribution is 0.102. The first-order chi connectivity index (χ1) is 8.06. The molecule has 0 aliphatic heterocycles. The van der Waals surface area contributed by atoms with Crippen molar-refractivity contribution in [3.05, 3.63) is 41.3 Å². The second-order valence-electron chi connectivity index (χ2n) is 3.82. The molecule has 1 aromatic heterocycles. The standard InChI is InChI=1S/C12H13N3O2/c1-7-5-9(3-4-10(7)13)11(16)15-12-14-8(2)6-17-12/h3-6H,13H2,1-2H3,(H,14,15,16). The average Bonchev–Trinajstić information content (AvgIpc) is 2.68. The van der Waals surface area contributed by atoms with Gasteiger partial charge < -0.3 is 10.2 Å². The smallest absolute Gasteiger partial charge is 0.301 e. The van der Waals surface area contributed by atoms with E-state index in [1.54, 1.807) is 25.1 Å². The molecule has 0 aliphatic carbocycles. The Morgan fingerprint density at radius 1 is 1.41 bits per heavy atom. The molecule has 3 N–H and O–H groups in total. The fourth-order valence-corrected chi connectivity index (χ4v) is 1.40. The number of carbonyl (C=O) groups is 1. The number of nitrogen functional groups attached to an aromatic ring is 1. The quantitative estimate of drug-likeness (QED) is 0.776. The molecule has 0 atom stereocenters. The van der Waals surface area contributed by atoms with Gasteiger partial charge in [0, 0.05) is 11.3 Å². The molecule has 0 radical (unpaired) electrons. The largest absolute Gasteiger partial charge is 0.432 e. The minimum Gasteiger partial charge on any atom is -0.432 e. The number of oxazole rings is 1. The maximum atomic E-state index is 11.8. The first-order valence-corrected chi connectivity index (χ1v) is 5.16. The van der Waals surface area contributed by atoms with Crippen molar-refractivity contribution in [2.45, 2.75) is 13.8 Å². The van der Waals surface area contributed by atoms with Crippen molar-refractivity contribution < 1.29 is 9.21 Å². The van der Waals surface area contributed by atoms with Crippen molar-refractivity contribution in [3.63, 3.8) is 0 Å². The summed E-state index contributed by atoms with van der Waals surface area (Å²) in [7, 11) is 0. The fraction of sp³-hybridized carbons (Fsp3) is 0.167. The molecule has 0 unspecified atom stereocenters. The van der Waals surface area contributed by atoms with Gasteiger partial charge in [0.05, 0.1) is 5.69 Å². The molecule has 0 bridgehead atoms. The van der Waals surface area contributed by atoms with Crippen LogP contribution in [0.2, 0.25) is 0 Å². The summed E-state index contributed by atoms with van der Waals surface area (Å²) in [6.07, 6.45) is 1.48. The zero-order chi connectivity index (χ0) is 12.4. The van der Waals surface area contributed by atoms with E-state index in [1.807, 2.05) is 6.92 Å². The highest BCUT2D eigenvalue weighted by Crippen LogP contribution is 2.14. The van der Waals surface area contributed by atoms with Gasteiger partial charge in [-0.2, -0.15) is 4.98 Å². The number of nitrogens with zero attached hydrogens (tertiary/aromatic N) is 1. The lowest BCUT2D eigenvalue weighted by Crippen LogP contribution is -2.12. The van der Waals surface area contributed by atoms with Gasteiger partial charge in [-0.3, -0.25) is 10.1 Å². The van der Waals surface area contributed by atoms with Crippen molar-refractivity contribution in [2.24, 2.45) is 0 Å². The minimum atomic E-state index is -0.269. The van der Waals surface area contributed by atoms with Gasteiger partial charge in [-0.1, -0.05) is 0 Å². The van der Waals surface area contributed by atoms with E-state index in [2.05, 4.69) is 10.3 Å². The summed E-state index contributed by atoms with van der Waals surface area (Å²) in [5.41, 5.74) is 8.44. The maximum Gasteiger partial charge on any atom is 0.301 e. The third kappa shape index (κ3) is 2.44. The number of nitrogens with two attached hydrogens (primary N) is 1. The molecule has 0 saturated carbocycles. The van der Waals surface area contributed by atoms with E-state index in [-0.39, 0.29) is 11.9 Å². The second-order valence-corrected chi connectivity index (χ2v) is 3.82. The van der Waals surface area contributed by atoms with Crippen molar-refractivity contribution >= 4 is 17.6 Å². The van der Waals surface area contributed by atoms with Gasteiger partial charge in [-0.05, 0) is 37.6 Å². The molecule has 1 aromatic carbocycles. The summed E-state index contributed by atoms with van der Waals surface area (Å²) in [6, 6.07) is 5.28. The van der Waals surface area contributed by atoms with Crippen LogP contribution in [-0.4, -0.2) is 10.9 Å². The molecule has 0 saturated heterocycles. The summed E-state index contributed by atoms with van der Waals surface area (Å²) in [5.74, 6) is -0.269. The zero-order valence-electron chi connectivity index (χ0n) is 9.65. The predicted molar refractivity (Wildman–Crippen MR) is 64.8 cm³/mol. The predicted octanol–water partition coefficient (Wildman–Crippen LogP) is 2.13. The summed E-state index contributed by atoms with van der Waals surface area (Å²) in [5, 5.41) is 2.57. The highest BCUT2D eigenvalue weighted by molar-refractivity contribution is 6.03. The average molecular weight is 231 g/mol. The molecule has 2 rings (SSSR count). The molecule has 5 nitrogen and oxygen atoms in total. The van der Waals surface area contributed by atoms with Crippen LogP contribution in [0.3, 0.4) is 0 Å². The molecule has 1 amide bonds. The summed E-state index contributed by atoms with van der Waals surface area (Å²) in [4.78, 5) is 15.8. The molecule has 88 valence electrons. The van der Waals surface area contributed by atoms with E-state index in [0.717, 1.165) is 5.56 Å². The molecule has 0 fully saturated rings. The Morgan fingerprint density at radius 2 is 2.18 bits per heavy atom. The Labute approximate surface area is 98.6 Å². The Morgan fingerprint density at radius 3 is 2.76 bits per heavy atom. The Balaban J connectivity index is 2.17. The number of anilines is 2. The molecular formula is C12H13N3O2. The van der Waals surface area contributed by atoms with Gasteiger partial charge in [0.15, 0.2) is 0 Å². The number of benzene rings is 1. The van der Waals surface area contributed by atoms with Crippen molar-refractivity contribution in [1.29, 1.82) is 0 Å². The number of aryl methyl sites for hydroxylation is 2. The van der Waals surface area contributed by atoms with Crippen LogP contribution >= 0.6 is 0 Å². The van der Waals surface area contributed by atoms with E-state index in [9.17, 15) is 4.79 Å². The van der Waals surface area contributed by atoms with E-state index in [4.69, 9.17) is 10.2 Å². The van der Waals surface area contributed by atoms with E-state index in [0.29, 0.717) is 16.9 Å². The highest BCUT2D eigenvalue weighted by atomic mass is 16.4. The van der Waals surface area contributed by atoms with E-state index >= 15 is 0 Å². The Bertz CT molecular complexity index is 561. The number of carbonyl (C=O) groups excluding carboxylic acids is 1. The molecule has 0 spiro atoms. The zero-order valence-corrected chi connectivity index (χ0v) is 9.65. The molecule has 17 heavy (non-hydrogen) atoms. The lowest BCUT2D eigenvalue weighted by atomic mass is 10.1. The summed E-state index contributed by atoms with van der Waals surface area (Å²) in [6.45, 7) is 3.63. The number of nitrogens with one attached hydrogen (secondary N) is 1. The maximum absolute atomic E-state index is 11.8. The van der Waals surface area contributed by atoms with Crippen LogP contribution in [0, 0.1) is 13.8 Å². The van der Waals surface area contributed by atoms with E-state index < -0.39 is 0 Å². The topological polar surface area (TPSA) is 81.2 Å². The first kappa shape index (κ1) is 11.2. The van der Waals surface area contributed by atoms with Crippen LogP contribution in [0.4, 0.5) is 11.7 Å². The Kier molecular flexibility index (Phi) is 2.82. The molecule has 2 aromatic rings. The minimum absolute atomic E-state index is 0.196. The molecule has 0 aliphatic rings. The number of amides is 1. The summed E-state index contributed by atoms with van der Waals surface area (Å²) < 4.78 is 5.04. The van der Waals surface area contributed by atoms with Crippen LogP contribution in [0.5, 0.6) is 0 Å². The second kappa shape index (κ2) is 4.29. The van der Waals surface area contributed by atoms with Crippen molar-refractivity contribution in [3.8, 4) is 0 Å². The molecule has 5 heteroatoms. The van der Waals surface area contributed by atoms with Gasteiger partial charge in [-0.25, -0.2) is 0 Å². The van der Waals surface area contributed by atoms with Crippen LogP contribution in [0.25, 0.3) is 0 Å². The third-order valence-electron chi connectivity index (χ3n) is 2.37. The summed E-state index contributed by atoms with van der Waals surface area (Å²) >= 11 is 0. The SMILES string of the molecule is Cc1coc(NC(=O)c2ccc(N)c(C)c2)n1. The molecular weight excluding hydrogens is 218 g/mol. The van der Waals surface area contributed by atoms with Gasteiger partial charge >= 0.3 is 6.01 Å². The monoisotopic (exact) mass is 231 g/mol. The Hall–Kier alpha value is -2.30.